The second kappa shape index (κ2) is 9.48. The van der Waals surface area contributed by atoms with Gasteiger partial charge in [-0.25, -0.2) is 4.90 Å². The monoisotopic (exact) mass is 525 g/mol. The molecule has 0 radical (unpaired) electrons. The molecule has 3 aromatic carbocycles. The summed E-state index contributed by atoms with van der Waals surface area (Å²) in [6, 6.07) is 20.3. The molecular formula is C24H17BrClN3O4. The summed E-state index contributed by atoms with van der Waals surface area (Å²) in [7, 11) is 1.45. The van der Waals surface area contributed by atoms with E-state index in [0.717, 1.165) is 9.37 Å². The van der Waals surface area contributed by atoms with E-state index < -0.39 is 11.8 Å². The topological polar surface area (TPSA) is 87.7 Å². The molecule has 0 spiro atoms. The number of imide groups is 1. The average Bonchev–Trinajstić information content (AvgIpc) is 3.03. The third-order valence-electron chi connectivity index (χ3n) is 4.85. The first-order valence-electron chi connectivity index (χ1n) is 9.74. The highest BCUT2D eigenvalue weighted by Crippen LogP contribution is 2.35. The van der Waals surface area contributed by atoms with E-state index in [2.05, 4.69) is 26.6 Å². The summed E-state index contributed by atoms with van der Waals surface area (Å²) in [5, 5.41) is 5.43. The molecule has 0 saturated carbocycles. The number of nitrogens with one attached hydrogen (secondary N) is 2. The maximum Gasteiger partial charge on any atom is 0.283 e. The van der Waals surface area contributed by atoms with Gasteiger partial charge in [-0.15, -0.1) is 0 Å². The molecule has 0 unspecified atom stereocenters. The van der Waals surface area contributed by atoms with Crippen LogP contribution in [0.25, 0.3) is 0 Å². The van der Waals surface area contributed by atoms with Gasteiger partial charge in [0, 0.05) is 21.4 Å². The van der Waals surface area contributed by atoms with Gasteiger partial charge in [0.25, 0.3) is 17.7 Å². The van der Waals surface area contributed by atoms with Gasteiger partial charge < -0.3 is 15.4 Å². The van der Waals surface area contributed by atoms with Crippen LogP contribution < -0.4 is 20.3 Å². The van der Waals surface area contributed by atoms with Crippen molar-refractivity contribution in [1.82, 2.24) is 0 Å². The van der Waals surface area contributed by atoms with E-state index in [1.54, 1.807) is 60.7 Å². The molecular weight excluding hydrogens is 510 g/mol. The van der Waals surface area contributed by atoms with E-state index in [9.17, 15) is 14.4 Å². The number of para-hydroxylation sites is 2. The summed E-state index contributed by atoms with van der Waals surface area (Å²) < 4.78 is 6.16. The van der Waals surface area contributed by atoms with E-state index in [0.29, 0.717) is 22.7 Å². The second-order valence-electron chi connectivity index (χ2n) is 6.97. The predicted molar refractivity (Wildman–Crippen MR) is 131 cm³/mol. The van der Waals surface area contributed by atoms with Gasteiger partial charge in [0.05, 0.1) is 12.8 Å². The van der Waals surface area contributed by atoms with Gasteiger partial charge >= 0.3 is 0 Å². The lowest BCUT2D eigenvalue weighted by Crippen LogP contribution is -2.32. The SMILES string of the molecule is COc1ccccc1N1C(=O)C(Cl)=C(Nc2cccc(C(=O)Nc3ccc(Br)cc3)c2)C1=O. The van der Waals surface area contributed by atoms with E-state index >= 15 is 0 Å². The molecule has 1 heterocycles. The van der Waals surface area contributed by atoms with Crippen molar-refractivity contribution >= 4 is 62.3 Å². The molecule has 0 fully saturated rings. The van der Waals surface area contributed by atoms with Crippen LogP contribution in [0.2, 0.25) is 0 Å². The lowest BCUT2D eigenvalue weighted by Gasteiger charge is -2.18. The number of halogens is 2. The maximum atomic E-state index is 13.0. The second-order valence-corrected chi connectivity index (χ2v) is 8.27. The zero-order valence-corrected chi connectivity index (χ0v) is 19.6. The minimum absolute atomic E-state index is 0.0851. The fourth-order valence-electron chi connectivity index (χ4n) is 3.26. The number of amides is 3. The minimum Gasteiger partial charge on any atom is -0.495 e. The zero-order valence-electron chi connectivity index (χ0n) is 17.3. The number of ether oxygens (including phenoxy) is 1. The molecule has 0 atom stereocenters. The number of hydrogen-bond acceptors (Lipinski definition) is 5. The van der Waals surface area contributed by atoms with Crippen molar-refractivity contribution in [3.63, 3.8) is 0 Å². The summed E-state index contributed by atoms with van der Waals surface area (Å²) in [4.78, 5) is 39.4. The average molecular weight is 527 g/mol. The van der Waals surface area contributed by atoms with Gasteiger partial charge in [0.15, 0.2) is 0 Å². The lowest BCUT2D eigenvalue weighted by atomic mass is 10.1. The molecule has 3 aromatic rings. The summed E-state index contributed by atoms with van der Waals surface area (Å²) in [5.41, 5.74) is 1.62. The number of nitrogens with zero attached hydrogens (tertiary/aromatic N) is 1. The first kappa shape index (κ1) is 22.6. The molecule has 3 amide bonds. The Balaban J connectivity index is 1.55. The van der Waals surface area contributed by atoms with Gasteiger partial charge in [-0.1, -0.05) is 45.7 Å². The standard InChI is InChI=1S/C24H17BrClN3O4/c1-33-19-8-3-2-7-18(19)29-23(31)20(26)21(24(29)32)27-17-6-4-5-14(13-17)22(30)28-16-11-9-15(25)10-12-16/h2-13,27H,1H3,(H,28,30). The third kappa shape index (κ3) is 4.62. The van der Waals surface area contributed by atoms with E-state index in [1.165, 1.54) is 7.11 Å². The Hall–Kier alpha value is -3.62. The van der Waals surface area contributed by atoms with Crippen LogP contribution in [0.5, 0.6) is 5.75 Å². The fourth-order valence-corrected chi connectivity index (χ4v) is 3.74. The van der Waals surface area contributed by atoms with Crippen molar-refractivity contribution in [3.05, 3.63) is 93.6 Å². The lowest BCUT2D eigenvalue weighted by molar-refractivity contribution is -0.120. The van der Waals surface area contributed by atoms with Crippen LogP contribution in [0, 0.1) is 0 Å². The highest BCUT2D eigenvalue weighted by molar-refractivity contribution is 9.10. The molecule has 4 rings (SSSR count). The molecule has 2 N–H and O–H groups in total. The molecule has 1 aliphatic heterocycles. The van der Waals surface area contributed by atoms with E-state index in [1.807, 2.05) is 12.1 Å². The number of benzene rings is 3. The van der Waals surface area contributed by atoms with Crippen LogP contribution in [0.3, 0.4) is 0 Å². The van der Waals surface area contributed by atoms with Crippen molar-refractivity contribution in [1.29, 1.82) is 0 Å². The van der Waals surface area contributed by atoms with Gasteiger partial charge in [-0.2, -0.15) is 0 Å². The Bertz CT molecular complexity index is 1290. The molecule has 7 nitrogen and oxygen atoms in total. The van der Waals surface area contributed by atoms with Crippen LogP contribution in [0.15, 0.2) is 88.0 Å². The van der Waals surface area contributed by atoms with Crippen LogP contribution in [-0.4, -0.2) is 24.8 Å². The molecule has 0 saturated heterocycles. The summed E-state index contributed by atoms with van der Waals surface area (Å²) in [5.74, 6) is -1.26. The van der Waals surface area contributed by atoms with Crippen LogP contribution >= 0.6 is 27.5 Å². The largest absolute Gasteiger partial charge is 0.495 e. The highest BCUT2D eigenvalue weighted by Gasteiger charge is 2.40. The van der Waals surface area contributed by atoms with Crippen molar-refractivity contribution in [2.45, 2.75) is 0 Å². The first-order chi connectivity index (χ1) is 15.9. The maximum absolute atomic E-state index is 13.0. The molecule has 33 heavy (non-hydrogen) atoms. The van der Waals surface area contributed by atoms with Crippen molar-refractivity contribution in [2.75, 3.05) is 22.6 Å². The Morgan fingerprint density at radius 2 is 1.67 bits per heavy atom. The predicted octanol–water partition coefficient (Wildman–Crippen LogP) is 5.15. The number of rotatable bonds is 6. The molecule has 166 valence electrons. The van der Waals surface area contributed by atoms with Crippen LogP contribution in [-0.2, 0) is 9.59 Å². The highest BCUT2D eigenvalue weighted by atomic mass is 79.9. The Labute approximate surface area is 203 Å². The van der Waals surface area contributed by atoms with Crippen molar-refractivity contribution in [3.8, 4) is 5.75 Å². The Kier molecular flexibility index (Phi) is 6.48. The van der Waals surface area contributed by atoms with Gasteiger partial charge in [0.1, 0.15) is 16.5 Å². The number of hydrogen-bond donors (Lipinski definition) is 2. The number of carbonyl (C=O) groups is 3. The van der Waals surface area contributed by atoms with Gasteiger partial charge in [0.2, 0.25) is 0 Å². The Morgan fingerprint density at radius 3 is 2.39 bits per heavy atom. The summed E-state index contributed by atoms with van der Waals surface area (Å²) in [6.45, 7) is 0. The molecule has 1 aliphatic rings. The number of carbonyl (C=O) groups excluding carboxylic acids is 3. The summed E-state index contributed by atoms with van der Waals surface area (Å²) in [6.07, 6.45) is 0. The normalized spacial score (nSPS) is 13.4. The van der Waals surface area contributed by atoms with E-state index in [4.69, 9.17) is 16.3 Å². The third-order valence-corrected chi connectivity index (χ3v) is 5.73. The number of anilines is 3. The van der Waals surface area contributed by atoms with Crippen LogP contribution in [0.1, 0.15) is 10.4 Å². The molecule has 0 aromatic heterocycles. The van der Waals surface area contributed by atoms with Gasteiger partial charge in [-0.05, 0) is 54.6 Å². The minimum atomic E-state index is -0.669. The van der Waals surface area contributed by atoms with Crippen LogP contribution in [0.4, 0.5) is 17.1 Å². The molecule has 0 bridgehead atoms. The van der Waals surface area contributed by atoms with E-state index in [-0.39, 0.29) is 22.3 Å². The van der Waals surface area contributed by atoms with Gasteiger partial charge in [-0.3, -0.25) is 14.4 Å². The summed E-state index contributed by atoms with van der Waals surface area (Å²) >= 11 is 9.57. The van der Waals surface area contributed by atoms with Crippen molar-refractivity contribution < 1.29 is 19.1 Å². The van der Waals surface area contributed by atoms with Crippen molar-refractivity contribution in [2.24, 2.45) is 0 Å². The fraction of sp³-hybridized carbons (Fsp3) is 0.0417. The molecule has 9 heteroatoms. The first-order valence-corrected chi connectivity index (χ1v) is 10.9. The quantitative estimate of drug-likeness (QED) is 0.434. The zero-order chi connectivity index (χ0) is 23.5. The Morgan fingerprint density at radius 1 is 0.939 bits per heavy atom. The number of methoxy groups -OCH3 is 1. The molecule has 0 aliphatic carbocycles. The smallest absolute Gasteiger partial charge is 0.283 e.